The normalized spacial score (nSPS) is 12.5. The SMILES string of the molecule is CCC(C)N(C)c1c(F)cc(CNCCOC)cc1F. The van der Waals surface area contributed by atoms with Crippen LogP contribution in [0.1, 0.15) is 25.8 Å². The molecule has 0 aromatic heterocycles. The van der Waals surface area contributed by atoms with Gasteiger partial charge in [0.2, 0.25) is 0 Å². The summed E-state index contributed by atoms with van der Waals surface area (Å²) in [7, 11) is 3.33. The van der Waals surface area contributed by atoms with Crippen molar-refractivity contribution >= 4 is 5.69 Å². The van der Waals surface area contributed by atoms with Crippen LogP contribution in [0, 0.1) is 11.6 Å². The molecule has 114 valence electrons. The van der Waals surface area contributed by atoms with E-state index in [4.69, 9.17) is 4.74 Å². The first-order valence-electron chi connectivity index (χ1n) is 6.91. The van der Waals surface area contributed by atoms with E-state index in [0.29, 0.717) is 25.3 Å². The van der Waals surface area contributed by atoms with Gasteiger partial charge in [-0.1, -0.05) is 6.92 Å². The van der Waals surface area contributed by atoms with Crippen LogP contribution in [0.25, 0.3) is 0 Å². The Morgan fingerprint density at radius 3 is 2.40 bits per heavy atom. The first-order chi connectivity index (χ1) is 9.51. The zero-order valence-electron chi connectivity index (χ0n) is 12.7. The Balaban J connectivity index is 2.81. The average molecular weight is 286 g/mol. The Labute approximate surface area is 119 Å². The van der Waals surface area contributed by atoms with Crippen LogP contribution >= 0.6 is 0 Å². The molecule has 0 radical (unpaired) electrons. The number of hydrogen-bond acceptors (Lipinski definition) is 3. The monoisotopic (exact) mass is 286 g/mol. The minimum atomic E-state index is -0.517. The summed E-state index contributed by atoms with van der Waals surface area (Å²) in [5, 5.41) is 3.07. The van der Waals surface area contributed by atoms with Gasteiger partial charge in [0.1, 0.15) is 17.3 Å². The van der Waals surface area contributed by atoms with Crippen LogP contribution in [-0.4, -0.2) is 33.4 Å². The van der Waals surface area contributed by atoms with Gasteiger partial charge in [-0.15, -0.1) is 0 Å². The predicted molar refractivity (Wildman–Crippen MR) is 78.1 cm³/mol. The van der Waals surface area contributed by atoms with Crippen molar-refractivity contribution in [1.29, 1.82) is 0 Å². The smallest absolute Gasteiger partial charge is 0.149 e. The molecular formula is C15H24F2N2O. The molecule has 0 bridgehead atoms. The lowest BCUT2D eigenvalue weighted by Gasteiger charge is -2.27. The molecule has 5 heteroatoms. The van der Waals surface area contributed by atoms with E-state index in [-0.39, 0.29) is 11.7 Å². The highest BCUT2D eigenvalue weighted by atomic mass is 19.1. The number of rotatable bonds is 8. The molecule has 0 saturated carbocycles. The zero-order chi connectivity index (χ0) is 15.1. The molecular weight excluding hydrogens is 262 g/mol. The summed E-state index contributed by atoms with van der Waals surface area (Å²) in [6.07, 6.45) is 0.829. The number of halogens is 2. The Kier molecular flexibility index (Phi) is 6.88. The summed E-state index contributed by atoms with van der Waals surface area (Å²) >= 11 is 0. The minimum Gasteiger partial charge on any atom is -0.383 e. The van der Waals surface area contributed by atoms with Crippen LogP contribution in [0.3, 0.4) is 0 Å². The largest absolute Gasteiger partial charge is 0.383 e. The van der Waals surface area contributed by atoms with Crippen LogP contribution in [0.5, 0.6) is 0 Å². The molecule has 1 aromatic carbocycles. The molecule has 0 saturated heterocycles. The van der Waals surface area contributed by atoms with Gasteiger partial charge < -0.3 is 15.0 Å². The van der Waals surface area contributed by atoms with Gasteiger partial charge in [-0.3, -0.25) is 0 Å². The topological polar surface area (TPSA) is 24.5 Å². The molecule has 1 aromatic rings. The lowest BCUT2D eigenvalue weighted by Crippen LogP contribution is -2.30. The highest BCUT2D eigenvalue weighted by molar-refractivity contribution is 5.50. The number of nitrogens with one attached hydrogen (secondary N) is 1. The van der Waals surface area contributed by atoms with Gasteiger partial charge in [-0.25, -0.2) is 8.78 Å². The van der Waals surface area contributed by atoms with Crippen molar-refractivity contribution in [2.24, 2.45) is 0 Å². The lowest BCUT2D eigenvalue weighted by atomic mass is 10.1. The zero-order valence-corrected chi connectivity index (χ0v) is 12.7. The van der Waals surface area contributed by atoms with Crippen molar-refractivity contribution in [2.45, 2.75) is 32.9 Å². The molecule has 0 aliphatic carbocycles. The highest BCUT2D eigenvalue weighted by Crippen LogP contribution is 2.26. The maximum atomic E-state index is 14.1. The number of methoxy groups -OCH3 is 1. The first-order valence-corrected chi connectivity index (χ1v) is 6.91. The fourth-order valence-electron chi connectivity index (χ4n) is 1.96. The van der Waals surface area contributed by atoms with Gasteiger partial charge in [-0.2, -0.15) is 0 Å². The standard InChI is InChI=1S/C15H24F2N2O/c1-5-11(2)19(3)15-13(16)8-12(9-14(15)17)10-18-6-7-20-4/h8-9,11,18H,5-7,10H2,1-4H3. The van der Waals surface area contributed by atoms with E-state index in [1.807, 2.05) is 13.8 Å². The summed E-state index contributed by atoms with van der Waals surface area (Å²) in [6.45, 7) is 5.57. The summed E-state index contributed by atoms with van der Waals surface area (Å²) < 4.78 is 33.1. The van der Waals surface area contributed by atoms with E-state index in [1.54, 1.807) is 19.1 Å². The Morgan fingerprint density at radius 1 is 1.30 bits per heavy atom. The highest BCUT2D eigenvalue weighted by Gasteiger charge is 2.18. The predicted octanol–water partition coefficient (Wildman–Crippen LogP) is 2.94. The molecule has 0 fully saturated rings. The number of benzene rings is 1. The molecule has 20 heavy (non-hydrogen) atoms. The van der Waals surface area contributed by atoms with Gasteiger partial charge in [0.05, 0.1) is 6.61 Å². The van der Waals surface area contributed by atoms with Crippen molar-refractivity contribution in [3.05, 3.63) is 29.3 Å². The van der Waals surface area contributed by atoms with Crippen molar-refractivity contribution in [1.82, 2.24) is 5.32 Å². The lowest BCUT2D eigenvalue weighted by molar-refractivity contribution is 0.199. The summed E-state index contributed by atoms with van der Waals surface area (Å²) in [5.41, 5.74) is 0.636. The van der Waals surface area contributed by atoms with Crippen molar-refractivity contribution < 1.29 is 13.5 Å². The molecule has 1 rings (SSSR count). The van der Waals surface area contributed by atoms with E-state index < -0.39 is 11.6 Å². The van der Waals surface area contributed by atoms with Gasteiger partial charge in [0, 0.05) is 33.3 Å². The Morgan fingerprint density at radius 2 is 1.90 bits per heavy atom. The van der Waals surface area contributed by atoms with Crippen molar-refractivity contribution in [3.63, 3.8) is 0 Å². The number of ether oxygens (including phenoxy) is 1. The number of hydrogen-bond donors (Lipinski definition) is 1. The summed E-state index contributed by atoms with van der Waals surface area (Å²) in [4.78, 5) is 1.65. The minimum absolute atomic E-state index is 0.0417. The second-order valence-electron chi connectivity index (χ2n) is 4.95. The molecule has 0 heterocycles. The van der Waals surface area contributed by atoms with Crippen LogP contribution in [0.4, 0.5) is 14.5 Å². The quantitative estimate of drug-likeness (QED) is 0.744. The molecule has 0 spiro atoms. The fourth-order valence-corrected chi connectivity index (χ4v) is 1.96. The maximum Gasteiger partial charge on any atom is 0.149 e. The third-order valence-corrected chi connectivity index (χ3v) is 3.49. The Bertz CT molecular complexity index is 403. The van der Waals surface area contributed by atoms with E-state index in [2.05, 4.69) is 5.32 Å². The van der Waals surface area contributed by atoms with Crippen LogP contribution < -0.4 is 10.2 Å². The second-order valence-corrected chi connectivity index (χ2v) is 4.95. The second kappa shape index (κ2) is 8.17. The molecule has 0 aliphatic heterocycles. The molecule has 1 unspecified atom stereocenters. The molecule has 0 aliphatic rings. The maximum absolute atomic E-state index is 14.1. The van der Waals surface area contributed by atoms with E-state index in [0.717, 1.165) is 6.42 Å². The molecule has 1 N–H and O–H groups in total. The van der Waals surface area contributed by atoms with Gasteiger partial charge >= 0.3 is 0 Å². The van der Waals surface area contributed by atoms with Gasteiger partial charge in [-0.05, 0) is 31.0 Å². The van der Waals surface area contributed by atoms with Crippen LogP contribution in [-0.2, 0) is 11.3 Å². The molecule has 3 nitrogen and oxygen atoms in total. The third-order valence-electron chi connectivity index (χ3n) is 3.49. The summed E-state index contributed by atoms with van der Waals surface area (Å²) in [5.74, 6) is -1.03. The van der Waals surface area contributed by atoms with Gasteiger partial charge in [0.25, 0.3) is 0 Å². The van der Waals surface area contributed by atoms with Crippen molar-refractivity contribution in [2.75, 3.05) is 32.2 Å². The third kappa shape index (κ3) is 4.42. The van der Waals surface area contributed by atoms with E-state index in [9.17, 15) is 8.78 Å². The Hall–Kier alpha value is -1.20. The number of anilines is 1. The van der Waals surface area contributed by atoms with Crippen LogP contribution in [0.2, 0.25) is 0 Å². The van der Waals surface area contributed by atoms with E-state index in [1.165, 1.54) is 12.1 Å². The fraction of sp³-hybridized carbons (Fsp3) is 0.600. The first kappa shape index (κ1) is 16.9. The summed E-state index contributed by atoms with van der Waals surface area (Å²) in [6, 6.07) is 2.86. The van der Waals surface area contributed by atoms with Crippen molar-refractivity contribution in [3.8, 4) is 0 Å². The molecule has 0 amide bonds. The van der Waals surface area contributed by atoms with Crippen LogP contribution in [0.15, 0.2) is 12.1 Å². The van der Waals surface area contributed by atoms with Gasteiger partial charge in [0.15, 0.2) is 0 Å². The molecule has 1 atom stereocenters. The average Bonchev–Trinajstić information content (AvgIpc) is 2.41. The van der Waals surface area contributed by atoms with E-state index >= 15 is 0 Å². The number of nitrogens with zero attached hydrogens (tertiary/aromatic N) is 1.